The summed E-state index contributed by atoms with van der Waals surface area (Å²) < 4.78 is 5.61. The molecule has 0 bridgehead atoms. The number of benzene rings is 1. The van der Waals surface area contributed by atoms with Gasteiger partial charge >= 0.3 is 0 Å². The topological polar surface area (TPSA) is 13.1 Å². The highest BCUT2D eigenvalue weighted by molar-refractivity contribution is 9.09. The van der Waals surface area contributed by atoms with E-state index in [4.69, 9.17) is 16.0 Å². The van der Waals surface area contributed by atoms with Crippen LogP contribution >= 0.6 is 27.5 Å². The number of rotatable bonds is 3. The zero-order chi connectivity index (χ0) is 10.7. The van der Waals surface area contributed by atoms with Gasteiger partial charge in [0.1, 0.15) is 11.3 Å². The van der Waals surface area contributed by atoms with Crippen LogP contribution in [0.2, 0.25) is 5.02 Å². The van der Waals surface area contributed by atoms with E-state index in [1.807, 2.05) is 30.3 Å². The second kappa shape index (κ2) is 4.86. The number of allylic oxidation sites excluding steroid dienone is 1. The average Bonchev–Trinajstić information content (AvgIpc) is 2.60. The first-order chi connectivity index (χ1) is 7.29. The summed E-state index contributed by atoms with van der Waals surface area (Å²) in [6, 6.07) is 7.62. The van der Waals surface area contributed by atoms with Crippen LogP contribution in [0.4, 0.5) is 0 Å². The smallest absolute Gasteiger partial charge is 0.134 e. The maximum atomic E-state index is 5.89. The van der Waals surface area contributed by atoms with Crippen LogP contribution in [0.25, 0.3) is 17.0 Å². The summed E-state index contributed by atoms with van der Waals surface area (Å²) in [5.74, 6) is 0.869. The molecule has 0 saturated heterocycles. The SMILES string of the molecule is Clc1ccc2oc(/C=C/CCBr)cc2c1. The van der Waals surface area contributed by atoms with E-state index in [1.165, 1.54) is 0 Å². The van der Waals surface area contributed by atoms with Crippen molar-refractivity contribution in [1.29, 1.82) is 0 Å². The van der Waals surface area contributed by atoms with E-state index < -0.39 is 0 Å². The predicted molar refractivity (Wildman–Crippen MR) is 68.7 cm³/mol. The van der Waals surface area contributed by atoms with Gasteiger partial charge in [0.15, 0.2) is 0 Å². The maximum absolute atomic E-state index is 5.89. The van der Waals surface area contributed by atoms with Crippen LogP contribution in [0.15, 0.2) is 34.8 Å². The standard InChI is InChI=1S/C12H10BrClO/c13-6-2-1-3-11-8-9-7-10(14)4-5-12(9)15-11/h1,3-5,7-8H,2,6H2/b3-1+. The molecule has 1 aromatic heterocycles. The molecule has 0 spiro atoms. The molecule has 15 heavy (non-hydrogen) atoms. The number of halogens is 2. The van der Waals surface area contributed by atoms with Gasteiger partial charge in [-0.05, 0) is 36.8 Å². The van der Waals surface area contributed by atoms with Gasteiger partial charge in [0, 0.05) is 15.7 Å². The largest absolute Gasteiger partial charge is 0.457 e. The summed E-state index contributed by atoms with van der Waals surface area (Å²) in [4.78, 5) is 0. The van der Waals surface area contributed by atoms with Crippen LogP contribution in [0.5, 0.6) is 0 Å². The third-order valence-electron chi connectivity index (χ3n) is 2.06. The first kappa shape index (κ1) is 10.8. The van der Waals surface area contributed by atoms with Crippen LogP contribution in [0.3, 0.4) is 0 Å². The van der Waals surface area contributed by atoms with Crippen molar-refractivity contribution >= 4 is 44.6 Å². The summed E-state index contributed by atoms with van der Waals surface area (Å²) in [7, 11) is 0. The second-order valence-electron chi connectivity index (χ2n) is 3.21. The molecule has 1 nitrogen and oxygen atoms in total. The van der Waals surface area contributed by atoms with Crippen molar-refractivity contribution in [3.8, 4) is 0 Å². The molecule has 0 atom stereocenters. The number of alkyl halides is 1. The van der Waals surface area contributed by atoms with Crippen LogP contribution in [0, 0.1) is 0 Å². The Labute approximate surface area is 102 Å². The molecule has 0 unspecified atom stereocenters. The zero-order valence-electron chi connectivity index (χ0n) is 8.04. The van der Waals surface area contributed by atoms with E-state index >= 15 is 0 Å². The molecule has 0 fully saturated rings. The third kappa shape index (κ3) is 2.64. The Hall–Kier alpha value is -0.730. The van der Waals surface area contributed by atoms with Gasteiger partial charge in [0.05, 0.1) is 0 Å². The second-order valence-corrected chi connectivity index (χ2v) is 4.44. The molecule has 1 aromatic carbocycles. The molecule has 0 amide bonds. The molecule has 0 aliphatic rings. The van der Waals surface area contributed by atoms with E-state index in [9.17, 15) is 0 Å². The van der Waals surface area contributed by atoms with E-state index in [0.29, 0.717) is 0 Å². The number of hydrogen-bond donors (Lipinski definition) is 0. The number of fused-ring (bicyclic) bond motifs is 1. The van der Waals surface area contributed by atoms with Crippen molar-refractivity contribution in [1.82, 2.24) is 0 Å². The molecule has 2 rings (SSSR count). The fourth-order valence-electron chi connectivity index (χ4n) is 1.38. The monoisotopic (exact) mass is 284 g/mol. The van der Waals surface area contributed by atoms with E-state index in [2.05, 4.69) is 22.0 Å². The van der Waals surface area contributed by atoms with Gasteiger partial charge in [-0.25, -0.2) is 0 Å². The fraction of sp³-hybridized carbons (Fsp3) is 0.167. The van der Waals surface area contributed by atoms with Crippen LogP contribution < -0.4 is 0 Å². The van der Waals surface area contributed by atoms with Crippen molar-refractivity contribution in [3.63, 3.8) is 0 Å². The Kier molecular flexibility index (Phi) is 3.49. The molecule has 0 radical (unpaired) electrons. The van der Waals surface area contributed by atoms with Crippen molar-refractivity contribution < 1.29 is 4.42 Å². The van der Waals surface area contributed by atoms with Crippen molar-refractivity contribution in [2.75, 3.05) is 5.33 Å². The van der Waals surface area contributed by atoms with Crippen molar-refractivity contribution in [2.24, 2.45) is 0 Å². The first-order valence-corrected chi connectivity index (χ1v) is 6.21. The molecule has 2 aromatic rings. The van der Waals surface area contributed by atoms with E-state index in [-0.39, 0.29) is 0 Å². The van der Waals surface area contributed by atoms with Gasteiger partial charge in [-0.3, -0.25) is 0 Å². The summed E-state index contributed by atoms with van der Waals surface area (Å²) in [6.07, 6.45) is 5.06. The zero-order valence-corrected chi connectivity index (χ0v) is 10.4. The summed E-state index contributed by atoms with van der Waals surface area (Å²) in [5, 5.41) is 2.75. The lowest BCUT2D eigenvalue weighted by atomic mass is 10.2. The van der Waals surface area contributed by atoms with Gasteiger partial charge < -0.3 is 4.42 Å². The number of furan rings is 1. The molecule has 78 valence electrons. The van der Waals surface area contributed by atoms with Gasteiger partial charge in [0.2, 0.25) is 0 Å². The highest BCUT2D eigenvalue weighted by atomic mass is 79.9. The Balaban J connectivity index is 2.30. The molecule has 0 saturated carbocycles. The summed E-state index contributed by atoms with van der Waals surface area (Å²) >= 11 is 9.26. The van der Waals surface area contributed by atoms with E-state index in [1.54, 1.807) is 0 Å². The average molecular weight is 286 g/mol. The van der Waals surface area contributed by atoms with Crippen LogP contribution in [-0.2, 0) is 0 Å². The third-order valence-corrected chi connectivity index (χ3v) is 2.75. The Bertz CT molecular complexity index is 487. The Morgan fingerprint density at radius 1 is 1.33 bits per heavy atom. The molecule has 0 N–H and O–H groups in total. The summed E-state index contributed by atoms with van der Waals surface area (Å²) in [6.45, 7) is 0. The highest BCUT2D eigenvalue weighted by Gasteiger charge is 2.00. The minimum Gasteiger partial charge on any atom is -0.457 e. The lowest BCUT2D eigenvalue weighted by Crippen LogP contribution is -1.65. The van der Waals surface area contributed by atoms with Gasteiger partial charge in [-0.15, -0.1) is 0 Å². The van der Waals surface area contributed by atoms with Gasteiger partial charge in [-0.1, -0.05) is 33.6 Å². The minimum absolute atomic E-state index is 0.735. The lowest BCUT2D eigenvalue weighted by molar-refractivity contribution is 0.604. The first-order valence-electron chi connectivity index (χ1n) is 4.71. The lowest BCUT2D eigenvalue weighted by Gasteiger charge is -1.87. The van der Waals surface area contributed by atoms with Gasteiger partial charge in [-0.2, -0.15) is 0 Å². The maximum Gasteiger partial charge on any atom is 0.134 e. The quantitative estimate of drug-likeness (QED) is 0.732. The fourth-order valence-corrected chi connectivity index (χ4v) is 1.82. The summed E-state index contributed by atoms with van der Waals surface area (Å²) in [5.41, 5.74) is 0.873. The van der Waals surface area contributed by atoms with Gasteiger partial charge in [0.25, 0.3) is 0 Å². The molecule has 0 aliphatic heterocycles. The molecular weight excluding hydrogens is 275 g/mol. The van der Waals surface area contributed by atoms with Crippen molar-refractivity contribution in [3.05, 3.63) is 41.1 Å². The normalized spacial score (nSPS) is 11.6. The number of hydrogen-bond acceptors (Lipinski definition) is 1. The van der Waals surface area contributed by atoms with Crippen LogP contribution in [0.1, 0.15) is 12.2 Å². The van der Waals surface area contributed by atoms with Crippen molar-refractivity contribution in [2.45, 2.75) is 6.42 Å². The molecule has 3 heteroatoms. The minimum atomic E-state index is 0.735. The predicted octanol–water partition coefficient (Wildman–Crippen LogP) is 4.88. The van der Waals surface area contributed by atoms with Crippen LogP contribution in [-0.4, -0.2) is 5.33 Å². The molecule has 1 heterocycles. The van der Waals surface area contributed by atoms with E-state index in [0.717, 1.165) is 33.5 Å². The molecular formula is C12H10BrClO. The highest BCUT2D eigenvalue weighted by Crippen LogP contribution is 2.23. The Morgan fingerprint density at radius 2 is 2.20 bits per heavy atom. The Morgan fingerprint density at radius 3 is 3.00 bits per heavy atom. The molecule has 0 aliphatic carbocycles.